The summed E-state index contributed by atoms with van der Waals surface area (Å²) in [4.78, 5) is 8.82. The Hall–Kier alpha value is -1.30. The summed E-state index contributed by atoms with van der Waals surface area (Å²) >= 11 is 1.70. The second-order valence-corrected chi connectivity index (χ2v) is 7.92. The maximum absolute atomic E-state index is 5.85. The van der Waals surface area contributed by atoms with Gasteiger partial charge in [-0.1, -0.05) is 25.9 Å². The Morgan fingerprint density at radius 1 is 1.38 bits per heavy atom. The molecule has 0 amide bonds. The smallest absolute Gasteiger partial charge is 0.236 e. The summed E-state index contributed by atoms with van der Waals surface area (Å²) in [5.74, 6) is 4.45. The quantitative estimate of drug-likeness (QED) is 0.823. The van der Waals surface area contributed by atoms with Gasteiger partial charge in [0, 0.05) is 11.3 Å². The lowest BCUT2D eigenvalue weighted by Crippen LogP contribution is -2.09. The van der Waals surface area contributed by atoms with E-state index in [2.05, 4.69) is 42.8 Å². The predicted molar refractivity (Wildman–Crippen MR) is 81.2 cm³/mol. The van der Waals surface area contributed by atoms with E-state index in [-0.39, 0.29) is 10.7 Å². The molecule has 3 rings (SSSR count). The van der Waals surface area contributed by atoms with Crippen molar-refractivity contribution < 1.29 is 8.94 Å². The number of rotatable bonds is 5. The van der Waals surface area contributed by atoms with Crippen molar-refractivity contribution in [3.8, 4) is 0 Å². The van der Waals surface area contributed by atoms with Crippen LogP contribution in [0.1, 0.15) is 75.1 Å². The molecule has 0 unspecified atom stereocenters. The van der Waals surface area contributed by atoms with Gasteiger partial charge in [-0.25, -0.2) is 4.98 Å². The average Bonchev–Trinajstić information content (AvgIpc) is 2.97. The molecule has 0 spiro atoms. The van der Waals surface area contributed by atoms with Crippen LogP contribution in [0.4, 0.5) is 0 Å². The zero-order chi connectivity index (χ0) is 15.0. The number of nitrogens with zero attached hydrogens (tertiary/aromatic N) is 3. The van der Waals surface area contributed by atoms with Crippen LogP contribution in [0, 0.1) is 0 Å². The molecule has 1 aliphatic rings. The van der Waals surface area contributed by atoms with E-state index in [1.165, 1.54) is 12.8 Å². The zero-order valence-electron chi connectivity index (χ0n) is 12.9. The van der Waals surface area contributed by atoms with Crippen molar-refractivity contribution in [1.82, 2.24) is 15.1 Å². The molecule has 0 N–H and O–H groups in total. The van der Waals surface area contributed by atoms with E-state index in [1.54, 1.807) is 11.8 Å². The van der Waals surface area contributed by atoms with Gasteiger partial charge in [0.1, 0.15) is 5.76 Å². The van der Waals surface area contributed by atoms with Gasteiger partial charge in [-0.2, -0.15) is 4.98 Å². The fraction of sp³-hybridized carbons (Fsp3) is 0.667. The second-order valence-electron chi connectivity index (χ2n) is 6.59. The first-order chi connectivity index (χ1) is 9.93. The highest BCUT2D eigenvalue weighted by Crippen LogP contribution is 2.39. The molecule has 1 saturated carbocycles. The summed E-state index contributed by atoms with van der Waals surface area (Å²) in [6.07, 6.45) is 4.20. The minimum Gasteiger partial charge on any atom is -0.444 e. The van der Waals surface area contributed by atoms with Crippen LogP contribution in [0.15, 0.2) is 15.1 Å². The Kier molecular flexibility index (Phi) is 3.82. The molecule has 5 nitrogen and oxygen atoms in total. The highest BCUT2D eigenvalue weighted by atomic mass is 32.2. The third kappa shape index (κ3) is 3.48. The molecule has 114 valence electrons. The molecular weight excluding hydrogens is 286 g/mol. The Morgan fingerprint density at radius 3 is 2.76 bits per heavy atom. The van der Waals surface area contributed by atoms with Gasteiger partial charge >= 0.3 is 0 Å². The Bertz CT molecular complexity index is 610. The van der Waals surface area contributed by atoms with Crippen LogP contribution in [-0.4, -0.2) is 15.1 Å². The molecule has 2 heterocycles. The SMILES string of the molecule is C[C@@H](SCc1nc(C2CC2)no1)c1ncc(C(C)(C)C)o1. The Morgan fingerprint density at radius 2 is 2.14 bits per heavy atom. The topological polar surface area (TPSA) is 65.0 Å². The normalized spacial score (nSPS) is 17.1. The van der Waals surface area contributed by atoms with Gasteiger partial charge in [0.15, 0.2) is 5.82 Å². The Balaban J connectivity index is 1.57. The van der Waals surface area contributed by atoms with Crippen LogP contribution in [0.5, 0.6) is 0 Å². The first kappa shape index (κ1) is 14.6. The average molecular weight is 307 g/mol. The van der Waals surface area contributed by atoms with Gasteiger partial charge < -0.3 is 8.94 Å². The molecule has 0 aliphatic heterocycles. The van der Waals surface area contributed by atoms with E-state index >= 15 is 0 Å². The predicted octanol–water partition coefficient (Wildman–Crippen LogP) is 4.23. The maximum atomic E-state index is 5.85. The Labute approximate surface area is 128 Å². The van der Waals surface area contributed by atoms with Gasteiger partial charge in [-0.3, -0.25) is 0 Å². The summed E-state index contributed by atoms with van der Waals surface area (Å²) in [5.41, 5.74) is -0.0126. The van der Waals surface area contributed by atoms with Gasteiger partial charge in [0.05, 0.1) is 17.2 Å². The molecule has 2 aromatic rings. The molecule has 0 aromatic carbocycles. The summed E-state index contributed by atoms with van der Waals surface area (Å²) in [6, 6.07) is 0. The van der Waals surface area contributed by atoms with E-state index < -0.39 is 0 Å². The summed E-state index contributed by atoms with van der Waals surface area (Å²) in [6.45, 7) is 8.44. The van der Waals surface area contributed by atoms with E-state index in [9.17, 15) is 0 Å². The van der Waals surface area contributed by atoms with Crippen LogP contribution in [-0.2, 0) is 11.2 Å². The fourth-order valence-corrected chi connectivity index (χ4v) is 2.69. The standard InChI is InChI=1S/C15H21N3O2S/c1-9(14-16-7-11(19-14)15(2,3)4)21-8-12-17-13(18-20-12)10-5-6-10/h7,9-10H,5-6,8H2,1-4H3/t9-/m1/s1. The van der Waals surface area contributed by atoms with Crippen molar-refractivity contribution >= 4 is 11.8 Å². The van der Waals surface area contributed by atoms with Crippen molar-refractivity contribution in [3.05, 3.63) is 29.6 Å². The van der Waals surface area contributed by atoms with Crippen LogP contribution in [0.2, 0.25) is 0 Å². The van der Waals surface area contributed by atoms with Gasteiger partial charge in [-0.05, 0) is 19.8 Å². The lowest BCUT2D eigenvalue weighted by Gasteiger charge is -2.13. The minimum absolute atomic E-state index is 0.0126. The lowest BCUT2D eigenvalue weighted by molar-refractivity contribution is 0.381. The third-order valence-electron chi connectivity index (χ3n) is 3.49. The number of thioether (sulfide) groups is 1. The first-order valence-electron chi connectivity index (χ1n) is 7.34. The van der Waals surface area contributed by atoms with E-state index in [0.29, 0.717) is 17.6 Å². The summed E-state index contributed by atoms with van der Waals surface area (Å²) in [5, 5.41) is 4.19. The van der Waals surface area contributed by atoms with Crippen molar-refractivity contribution in [2.75, 3.05) is 0 Å². The minimum atomic E-state index is -0.0126. The summed E-state index contributed by atoms with van der Waals surface area (Å²) < 4.78 is 11.1. The third-order valence-corrected chi connectivity index (χ3v) is 4.61. The molecule has 1 fully saturated rings. The van der Waals surface area contributed by atoms with Gasteiger partial charge in [0.2, 0.25) is 11.8 Å². The van der Waals surface area contributed by atoms with Crippen LogP contribution in [0.3, 0.4) is 0 Å². The monoisotopic (exact) mass is 307 g/mol. The van der Waals surface area contributed by atoms with Crippen molar-refractivity contribution in [3.63, 3.8) is 0 Å². The highest BCUT2D eigenvalue weighted by Gasteiger charge is 2.29. The molecular formula is C15H21N3O2S. The molecule has 0 bridgehead atoms. The van der Waals surface area contributed by atoms with Crippen LogP contribution < -0.4 is 0 Å². The molecule has 1 aliphatic carbocycles. The molecule has 21 heavy (non-hydrogen) atoms. The molecule has 6 heteroatoms. The lowest BCUT2D eigenvalue weighted by atomic mass is 9.94. The van der Waals surface area contributed by atoms with Crippen LogP contribution >= 0.6 is 11.8 Å². The van der Waals surface area contributed by atoms with Crippen molar-refractivity contribution in [2.24, 2.45) is 0 Å². The molecule has 0 radical (unpaired) electrons. The number of hydrogen-bond acceptors (Lipinski definition) is 6. The van der Waals surface area contributed by atoms with E-state index in [0.717, 1.165) is 17.5 Å². The van der Waals surface area contributed by atoms with Crippen molar-refractivity contribution in [2.45, 2.75) is 62.9 Å². The maximum Gasteiger partial charge on any atom is 0.236 e. The summed E-state index contributed by atoms with van der Waals surface area (Å²) in [7, 11) is 0. The van der Waals surface area contributed by atoms with Crippen molar-refractivity contribution in [1.29, 1.82) is 0 Å². The van der Waals surface area contributed by atoms with Gasteiger partial charge in [-0.15, -0.1) is 11.8 Å². The first-order valence-corrected chi connectivity index (χ1v) is 8.38. The molecule has 2 aromatic heterocycles. The number of aromatic nitrogens is 3. The largest absolute Gasteiger partial charge is 0.444 e. The van der Waals surface area contributed by atoms with E-state index in [1.807, 2.05) is 6.20 Å². The van der Waals surface area contributed by atoms with Gasteiger partial charge in [0.25, 0.3) is 0 Å². The van der Waals surface area contributed by atoms with Crippen LogP contribution in [0.25, 0.3) is 0 Å². The number of oxazole rings is 1. The molecule has 1 atom stereocenters. The zero-order valence-corrected chi connectivity index (χ0v) is 13.7. The number of hydrogen-bond donors (Lipinski definition) is 0. The second kappa shape index (κ2) is 5.48. The van der Waals surface area contributed by atoms with E-state index in [4.69, 9.17) is 8.94 Å². The highest BCUT2D eigenvalue weighted by molar-refractivity contribution is 7.98. The fourth-order valence-electron chi connectivity index (χ4n) is 1.92. The molecule has 0 saturated heterocycles.